The molecule has 1 saturated carbocycles. The van der Waals surface area contributed by atoms with E-state index in [-0.39, 0.29) is 0 Å². The van der Waals surface area contributed by atoms with Gasteiger partial charge in [0.15, 0.2) is 0 Å². The Morgan fingerprint density at radius 1 is 1.36 bits per heavy atom. The van der Waals surface area contributed by atoms with Crippen molar-refractivity contribution in [1.82, 2.24) is 5.32 Å². The van der Waals surface area contributed by atoms with E-state index in [1.165, 1.54) is 32.1 Å². The molecule has 3 atom stereocenters. The Bertz CT molecular complexity index is 202. The molecule has 1 aliphatic carbocycles. The summed E-state index contributed by atoms with van der Waals surface area (Å²) in [5, 5.41) is 3.62. The largest absolute Gasteiger partial charge is 0.497 e. The number of nitrogens with one attached hydrogen (secondary N) is 1. The molecule has 0 radical (unpaired) electrons. The normalized spacial score (nSPS) is 37.1. The summed E-state index contributed by atoms with van der Waals surface area (Å²) in [6.45, 7) is 3.38. The summed E-state index contributed by atoms with van der Waals surface area (Å²) in [6, 6.07) is 0.750. The van der Waals surface area contributed by atoms with Crippen molar-refractivity contribution in [2.75, 3.05) is 6.54 Å². The van der Waals surface area contributed by atoms with Crippen LogP contribution in [0.25, 0.3) is 0 Å². The van der Waals surface area contributed by atoms with Crippen molar-refractivity contribution in [3.63, 3.8) is 0 Å². The van der Waals surface area contributed by atoms with Gasteiger partial charge in [0.05, 0.1) is 6.26 Å². The highest BCUT2D eigenvalue weighted by Crippen LogP contribution is 2.24. The topological polar surface area (TPSA) is 21.3 Å². The number of hydrogen-bond acceptors (Lipinski definition) is 2. The Hall–Kier alpha value is -0.500. The summed E-state index contributed by atoms with van der Waals surface area (Å²) >= 11 is 0. The SMILES string of the molecule is CC1CCC(NCC2CCC=CO2)C1. The summed E-state index contributed by atoms with van der Waals surface area (Å²) in [5.41, 5.74) is 0. The minimum atomic E-state index is 0.413. The van der Waals surface area contributed by atoms with E-state index in [2.05, 4.69) is 18.3 Å². The van der Waals surface area contributed by atoms with Gasteiger partial charge in [-0.05, 0) is 44.1 Å². The van der Waals surface area contributed by atoms with E-state index >= 15 is 0 Å². The zero-order valence-corrected chi connectivity index (χ0v) is 9.04. The highest BCUT2D eigenvalue weighted by molar-refractivity contribution is 4.85. The second-order valence-electron chi connectivity index (χ2n) is 4.73. The molecule has 3 unspecified atom stereocenters. The van der Waals surface area contributed by atoms with Crippen LogP contribution in [0.15, 0.2) is 12.3 Å². The van der Waals surface area contributed by atoms with Crippen LogP contribution >= 0.6 is 0 Å². The van der Waals surface area contributed by atoms with Crippen molar-refractivity contribution in [3.05, 3.63) is 12.3 Å². The number of allylic oxidation sites excluding steroid dienone is 1. The number of hydrogen-bond donors (Lipinski definition) is 1. The Morgan fingerprint density at radius 3 is 2.93 bits per heavy atom. The average molecular weight is 195 g/mol. The van der Waals surface area contributed by atoms with E-state index in [1.54, 1.807) is 0 Å². The van der Waals surface area contributed by atoms with Crippen molar-refractivity contribution in [1.29, 1.82) is 0 Å². The van der Waals surface area contributed by atoms with Crippen LogP contribution in [0.2, 0.25) is 0 Å². The smallest absolute Gasteiger partial charge is 0.110 e. The van der Waals surface area contributed by atoms with Crippen molar-refractivity contribution in [3.8, 4) is 0 Å². The molecule has 0 aromatic carbocycles. The van der Waals surface area contributed by atoms with E-state index in [1.807, 2.05) is 6.26 Å². The lowest BCUT2D eigenvalue weighted by Gasteiger charge is -2.22. The van der Waals surface area contributed by atoms with Crippen LogP contribution in [0.1, 0.15) is 39.0 Å². The fourth-order valence-corrected chi connectivity index (χ4v) is 2.43. The first kappa shape index (κ1) is 10.0. The van der Waals surface area contributed by atoms with E-state index in [4.69, 9.17) is 4.74 Å². The molecule has 80 valence electrons. The Balaban J connectivity index is 1.64. The molecule has 2 aliphatic rings. The predicted octanol–water partition coefficient (Wildman–Crippen LogP) is 2.46. The number of rotatable bonds is 3. The molecule has 2 nitrogen and oxygen atoms in total. The first-order chi connectivity index (χ1) is 6.84. The van der Waals surface area contributed by atoms with Crippen LogP contribution in [0.5, 0.6) is 0 Å². The fourth-order valence-electron chi connectivity index (χ4n) is 2.43. The van der Waals surface area contributed by atoms with Gasteiger partial charge >= 0.3 is 0 Å². The van der Waals surface area contributed by atoms with Crippen LogP contribution in [-0.4, -0.2) is 18.7 Å². The van der Waals surface area contributed by atoms with Crippen molar-refractivity contribution >= 4 is 0 Å². The maximum absolute atomic E-state index is 5.52. The number of ether oxygens (including phenoxy) is 1. The van der Waals surface area contributed by atoms with E-state index < -0.39 is 0 Å². The third-order valence-electron chi connectivity index (χ3n) is 3.35. The van der Waals surface area contributed by atoms with Gasteiger partial charge in [-0.2, -0.15) is 0 Å². The Morgan fingerprint density at radius 2 is 2.29 bits per heavy atom. The quantitative estimate of drug-likeness (QED) is 0.747. The average Bonchev–Trinajstić information content (AvgIpc) is 2.63. The minimum Gasteiger partial charge on any atom is -0.497 e. The molecule has 1 fully saturated rings. The molecule has 2 rings (SSSR count). The van der Waals surface area contributed by atoms with Gasteiger partial charge in [-0.3, -0.25) is 0 Å². The molecule has 2 heteroatoms. The second-order valence-corrected chi connectivity index (χ2v) is 4.73. The summed E-state index contributed by atoms with van der Waals surface area (Å²) in [5.74, 6) is 0.916. The van der Waals surface area contributed by atoms with Gasteiger partial charge in [0.2, 0.25) is 0 Å². The van der Waals surface area contributed by atoms with Gasteiger partial charge in [0.25, 0.3) is 0 Å². The molecule has 1 aliphatic heterocycles. The lowest BCUT2D eigenvalue weighted by Crippen LogP contribution is -2.35. The van der Waals surface area contributed by atoms with Gasteiger partial charge in [-0.1, -0.05) is 6.92 Å². The molecule has 0 aromatic heterocycles. The summed E-state index contributed by atoms with van der Waals surface area (Å²) < 4.78 is 5.52. The van der Waals surface area contributed by atoms with Gasteiger partial charge in [-0.25, -0.2) is 0 Å². The third kappa shape index (κ3) is 2.74. The molecule has 0 aromatic rings. The van der Waals surface area contributed by atoms with Crippen molar-refractivity contribution in [2.24, 2.45) is 5.92 Å². The molecule has 1 N–H and O–H groups in total. The highest BCUT2D eigenvalue weighted by Gasteiger charge is 2.22. The van der Waals surface area contributed by atoms with Gasteiger partial charge in [0.1, 0.15) is 6.10 Å². The molecular weight excluding hydrogens is 174 g/mol. The highest BCUT2D eigenvalue weighted by atomic mass is 16.5. The second kappa shape index (κ2) is 4.83. The zero-order valence-electron chi connectivity index (χ0n) is 9.04. The standard InChI is InChI=1S/C12H21NO/c1-10-5-6-11(8-10)13-9-12-4-2-3-7-14-12/h3,7,10-13H,2,4-6,8-9H2,1H3. The van der Waals surface area contributed by atoms with E-state index in [9.17, 15) is 0 Å². The van der Waals surface area contributed by atoms with E-state index in [0.717, 1.165) is 18.5 Å². The lowest BCUT2D eigenvalue weighted by molar-refractivity contribution is 0.119. The van der Waals surface area contributed by atoms with Gasteiger partial charge in [-0.15, -0.1) is 0 Å². The van der Waals surface area contributed by atoms with Crippen LogP contribution in [0.3, 0.4) is 0 Å². The first-order valence-electron chi connectivity index (χ1n) is 5.88. The molecular formula is C12H21NO. The zero-order chi connectivity index (χ0) is 9.80. The summed E-state index contributed by atoms with van der Waals surface area (Å²) in [4.78, 5) is 0. The van der Waals surface area contributed by atoms with Crippen LogP contribution < -0.4 is 5.32 Å². The lowest BCUT2D eigenvalue weighted by atomic mass is 10.1. The maximum Gasteiger partial charge on any atom is 0.110 e. The molecule has 0 bridgehead atoms. The van der Waals surface area contributed by atoms with Crippen LogP contribution in [-0.2, 0) is 4.74 Å². The van der Waals surface area contributed by atoms with Gasteiger partial charge in [0, 0.05) is 12.6 Å². The van der Waals surface area contributed by atoms with Crippen molar-refractivity contribution in [2.45, 2.75) is 51.2 Å². The van der Waals surface area contributed by atoms with Crippen molar-refractivity contribution < 1.29 is 4.74 Å². The molecule has 0 saturated heterocycles. The van der Waals surface area contributed by atoms with Crippen LogP contribution in [0.4, 0.5) is 0 Å². The maximum atomic E-state index is 5.52. The fraction of sp³-hybridized carbons (Fsp3) is 0.833. The Kier molecular flexibility index (Phi) is 3.46. The van der Waals surface area contributed by atoms with Crippen LogP contribution in [0, 0.1) is 5.92 Å². The third-order valence-corrected chi connectivity index (χ3v) is 3.35. The summed E-state index contributed by atoms with van der Waals surface area (Å²) in [7, 11) is 0. The predicted molar refractivity (Wildman–Crippen MR) is 58.1 cm³/mol. The summed E-state index contributed by atoms with van der Waals surface area (Å²) in [6.07, 6.45) is 10.8. The minimum absolute atomic E-state index is 0.413. The molecule has 14 heavy (non-hydrogen) atoms. The first-order valence-corrected chi connectivity index (χ1v) is 5.88. The Labute approximate surface area is 86.7 Å². The van der Waals surface area contributed by atoms with Gasteiger partial charge < -0.3 is 10.1 Å². The molecule has 1 heterocycles. The molecule has 0 amide bonds. The monoisotopic (exact) mass is 195 g/mol. The molecule has 0 spiro atoms. The van der Waals surface area contributed by atoms with E-state index in [0.29, 0.717) is 6.10 Å².